The molecule has 0 saturated heterocycles. The second kappa shape index (κ2) is 5.54. The van der Waals surface area contributed by atoms with Gasteiger partial charge < -0.3 is 10.4 Å². The summed E-state index contributed by atoms with van der Waals surface area (Å²) in [6.07, 6.45) is 1.12. The van der Waals surface area contributed by atoms with E-state index in [1.165, 1.54) is 10.5 Å². The topological polar surface area (TPSA) is 32.3 Å². The van der Waals surface area contributed by atoms with Gasteiger partial charge in [0, 0.05) is 21.5 Å². The maximum Gasteiger partial charge on any atom is 0.0582 e. The Morgan fingerprint density at radius 2 is 2.44 bits per heavy atom. The van der Waals surface area contributed by atoms with Gasteiger partial charge in [0.1, 0.15) is 0 Å². The highest BCUT2D eigenvalue weighted by Crippen LogP contribution is 2.37. The average molecular weight is 302 g/mol. The minimum atomic E-state index is 0.153. The Hall–Kier alpha value is -0.0300. The van der Waals surface area contributed by atoms with Crippen molar-refractivity contribution in [3.05, 3.63) is 28.2 Å². The lowest BCUT2D eigenvalue weighted by molar-refractivity contribution is 0.239. The van der Waals surface area contributed by atoms with Crippen LogP contribution in [0.4, 0.5) is 0 Å². The van der Waals surface area contributed by atoms with Gasteiger partial charge in [-0.2, -0.15) is 0 Å². The fraction of sp³-hybridized carbons (Fsp3) is 0.500. The largest absolute Gasteiger partial charge is 0.395 e. The Morgan fingerprint density at radius 3 is 3.19 bits per heavy atom. The quantitative estimate of drug-likeness (QED) is 0.900. The second-order valence-corrected chi connectivity index (χ2v) is 6.17. The number of hydrogen-bond donors (Lipinski definition) is 2. The van der Waals surface area contributed by atoms with Gasteiger partial charge in [-0.25, -0.2) is 0 Å². The zero-order chi connectivity index (χ0) is 11.5. The van der Waals surface area contributed by atoms with Crippen molar-refractivity contribution < 1.29 is 5.11 Å². The van der Waals surface area contributed by atoms with E-state index >= 15 is 0 Å². The molecule has 0 amide bonds. The Labute approximate surface area is 109 Å². The van der Waals surface area contributed by atoms with Crippen LogP contribution < -0.4 is 5.32 Å². The summed E-state index contributed by atoms with van der Waals surface area (Å²) in [6, 6.07) is 6.96. The zero-order valence-electron chi connectivity index (χ0n) is 9.24. The molecule has 1 aliphatic rings. The first-order valence-electron chi connectivity index (χ1n) is 5.50. The van der Waals surface area contributed by atoms with Crippen molar-refractivity contribution in [2.24, 2.45) is 0 Å². The van der Waals surface area contributed by atoms with Crippen molar-refractivity contribution in [3.63, 3.8) is 0 Å². The lowest BCUT2D eigenvalue weighted by Gasteiger charge is -2.28. The third-order valence-electron chi connectivity index (χ3n) is 2.77. The smallest absolute Gasteiger partial charge is 0.0582 e. The van der Waals surface area contributed by atoms with Gasteiger partial charge in [0.2, 0.25) is 0 Å². The van der Waals surface area contributed by atoms with Crippen LogP contribution in [0.5, 0.6) is 0 Å². The van der Waals surface area contributed by atoms with Crippen molar-refractivity contribution in [3.8, 4) is 0 Å². The van der Waals surface area contributed by atoms with Gasteiger partial charge in [-0.1, -0.05) is 15.9 Å². The number of thioether (sulfide) groups is 1. The molecular weight excluding hydrogens is 286 g/mol. The molecule has 0 bridgehead atoms. The van der Waals surface area contributed by atoms with E-state index in [4.69, 9.17) is 5.11 Å². The van der Waals surface area contributed by atoms with E-state index in [-0.39, 0.29) is 12.6 Å². The molecule has 2 nitrogen and oxygen atoms in total. The molecule has 0 aliphatic carbocycles. The highest BCUT2D eigenvalue weighted by molar-refractivity contribution is 9.10. The van der Waals surface area contributed by atoms with Gasteiger partial charge in [0.25, 0.3) is 0 Å². The molecule has 16 heavy (non-hydrogen) atoms. The number of halogens is 1. The van der Waals surface area contributed by atoms with Crippen LogP contribution in [0.15, 0.2) is 27.6 Å². The molecule has 2 unspecified atom stereocenters. The van der Waals surface area contributed by atoms with Crippen molar-refractivity contribution >= 4 is 27.7 Å². The lowest BCUT2D eigenvalue weighted by atomic mass is 10.0. The summed E-state index contributed by atoms with van der Waals surface area (Å²) in [7, 11) is 0. The van der Waals surface area contributed by atoms with E-state index in [2.05, 4.69) is 39.4 Å². The second-order valence-electron chi connectivity index (χ2n) is 4.12. The normalized spacial score (nSPS) is 21.6. The van der Waals surface area contributed by atoms with Crippen LogP contribution >= 0.6 is 27.7 Å². The molecule has 1 aliphatic heterocycles. The Bertz CT molecular complexity index is 372. The third kappa shape index (κ3) is 2.80. The minimum Gasteiger partial charge on any atom is -0.395 e. The van der Waals surface area contributed by atoms with Crippen LogP contribution in [0.25, 0.3) is 0 Å². The molecule has 2 rings (SSSR count). The van der Waals surface area contributed by atoms with Crippen LogP contribution in [0, 0.1) is 0 Å². The Kier molecular flexibility index (Phi) is 4.30. The Balaban J connectivity index is 2.21. The minimum absolute atomic E-state index is 0.153. The van der Waals surface area contributed by atoms with Crippen molar-refractivity contribution in [2.45, 2.75) is 30.3 Å². The van der Waals surface area contributed by atoms with Crippen molar-refractivity contribution in [1.82, 2.24) is 5.32 Å². The van der Waals surface area contributed by atoms with Gasteiger partial charge >= 0.3 is 0 Å². The SMILES string of the molecule is CC(CO)NC1CCSc2ccc(Br)cc21. The van der Waals surface area contributed by atoms with Crippen LogP contribution in [0.2, 0.25) is 0 Å². The number of aliphatic hydroxyl groups excluding tert-OH is 1. The van der Waals surface area contributed by atoms with Gasteiger partial charge in [0.05, 0.1) is 6.61 Å². The van der Waals surface area contributed by atoms with Crippen LogP contribution in [-0.2, 0) is 0 Å². The van der Waals surface area contributed by atoms with E-state index in [1.54, 1.807) is 0 Å². The average Bonchev–Trinajstić information content (AvgIpc) is 2.29. The molecule has 1 heterocycles. The summed E-state index contributed by atoms with van der Waals surface area (Å²) in [4.78, 5) is 1.36. The predicted molar refractivity (Wildman–Crippen MR) is 71.9 cm³/mol. The monoisotopic (exact) mass is 301 g/mol. The molecule has 0 fully saturated rings. The summed E-state index contributed by atoms with van der Waals surface area (Å²) in [5, 5.41) is 12.6. The fourth-order valence-electron chi connectivity index (χ4n) is 1.93. The first kappa shape index (κ1) is 12.4. The number of hydrogen-bond acceptors (Lipinski definition) is 3. The molecule has 0 spiro atoms. The Morgan fingerprint density at radius 1 is 1.62 bits per heavy atom. The van der Waals surface area contributed by atoms with E-state index in [9.17, 15) is 0 Å². The molecule has 2 N–H and O–H groups in total. The molecule has 2 atom stereocenters. The summed E-state index contributed by atoms with van der Waals surface area (Å²) >= 11 is 5.43. The van der Waals surface area contributed by atoms with Gasteiger partial charge in [-0.05, 0) is 42.9 Å². The fourth-order valence-corrected chi connectivity index (χ4v) is 3.42. The molecule has 0 radical (unpaired) electrons. The molecule has 1 aromatic carbocycles. The summed E-state index contributed by atoms with van der Waals surface area (Å²) in [6.45, 7) is 2.20. The summed E-state index contributed by atoms with van der Waals surface area (Å²) in [5.41, 5.74) is 1.35. The zero-order valence-corrected chi connectivity index (χ0v) is 11.6. The van der Waals surface area contributed by atoms with Gasteiger partial charge in [0.15, 0.2) is 0 Å². The van der Waals surface area contributed by atoms with Crippen LogP contribution in [0.3, 0.4) is 0 Å². The highest BCUT2D eigenvalue weighted by Gasteiger charge is 2.21. The van der Waals surface area contributed by atoms with E-state index in [0.29, 0.717) is 6.04 Å². The van der Waals surface area contributed by atoms with E-state index < -0.39 is 0 Å². The molecule has 88 valence electrons. The van der Waals surface area contributed by atoms with E-state index in [1.807, 2.05) is 18.7 Å². The van der Waals surface area contributed by atoms with Crippen molar-refractivity contribution in [1.29, 1.82) is 0 Å². The van der Waals surface area contributed by atoms with E-state index in [0.717, 1.165) is 16.6 Å². The first-order valence-corrected chi connectivity index (χ1v) is 7.27. The maximum absolute atomic E-state index is 9.09. The highest BCUT2D eigenvalue weighted by atomic mass is 79.9. The molecule has 4 heteroatoms. The number of rotatable bonds is 3. The predicted octanol–water partition coefficient (Wildman–Crippen LogP) is 2.96. The molecule has 0 aromatic heterocycles. The molecule has 0 saturated carbocycles. The maximum atomic E-state index is 9.09. The third-order valence-corrected chi connectivity index (χ3v) is 4.39. The lowest BCUT2D eigenvalue weighted by Crippen LogP contribution is -2.34. The summed E-state index contributed by atoms with van der Waals surface area (Å²) < 4.78 is 1.12. The van der Waals surface area contributed by atoms with Crippen LogP contribution in [-0.4, -0.2) is 23.5 Å². The van der Waals surface area contributed by atoms with Gasteiger partial charge in [-0.15, -0.1) is 11.8 Å². The standard InChI is InChI=1S/C12H16BrNOS/c1-8(7-15)14-11-4-5-16-12-3-2-9(13)6-10(11)12/h2-3,6,8,11,14-15H,4-5,7H2,1H3. The molecular formula is C12H16BrNOS. The molecule has 1 aromatic rings. The number of fused-ring (bicyclic) bond motifs is 1. The summed E-state index contributed by atoms with van der Waals surface area (Å²) in [5.74, 6) is 1.14. The number of aliphatic hydroxyl groups is 1. The first-order chi connectivity index (χ1) is 7.70. The number of benzene rings is 1. The van der Waals surface area contributed by atoms with Crippen molar-refractivity contribution in [2.75, 3.05) is 12.4 Å². The number of nitrogens with one attached hydrogen (secondary N) is 1. The van der Waals surface area contributed by atoms with Crippen LogP contribution in [0.1, 0.15) is 24.9 Å². The van der Waals surface area contributed by atoms with Gasteiger partial charge in [-0.3, -0.25) is 0 Å².